The number of carbonyl (C=O) groups is 1. The predicted octanol–water partition coefficient (Wildman–Crippen LogP) is 0.866. The summed E-state index contributed by atoms with van der Waals surface area (Å²) in [4.78, 5) is 10.3. The lowest BCUT2D eigenvalue weighted by molar-refractivity contribution is -0.137. The lowest BCUT2D eigenvalue weighted by Gasteiger charge is -2.18. The minimum atomic E-state index is -0.719. The fraction of sp³-hybridized carbons (Fsp3) is 0.900. The monoisotopic (exact) mass is 201 g/mol. The van der Waals surface area contributed by atoms with Gasteiger partial charge in [-0.15, -0.1) is 0 Å². The number of aliphatic carboxylic acids is 1. The van der Waals surface area contributed by atoms with Crippen LogP contribution in [-0.4, -0.2) is 36.9 Å². The Morgan fingerprint density at radius 3 is 3.07 bits per heavy atom. The standard InChI is InChI=1S/C10H19NO3/c1-8(9-4-6-14-7-9)11-5-2-3-10(12)13/h8-9,11H,2-7H2,1H3,(H,12,13). The normalized spacial score (nSPS) is 23.6. The molecule has 2 unspecified atom stereocenters. The Kier molecular flexibility index (Phi) is 4.90. The second-order valence-corrected chi connectivity index (χ2v) is 3.86. The fourth-order valence-electron chi connectivity index (χ4n) is 1.68. The second-order valence-electron chi connectivity index (χ2n) is 3.86. The maximum atomic E-state index is 10.3. The van der Waals surface area contributed by atoms with Gasteiger partial charge < -0.3 is 15.2 Å². The third-order valence-electron chi connectivity index (χ3n) is 2.71. The number of hydrogen-bond donors (Lipinski definition) is 2. The van der Waals surface area contributed by atoms with E-state index in [2.05, 4.69) is 12.2 Å². The van der Waals surface area contributed by atoms with Crippen LogP contribution in [0.15, 0.2) is 0 Å². The van der Waals surface area contributed by atoms with Crippen molar-refractivity contribution >= 4 is 5.97 Å². The van der Waals surface area contributed by atoms with Crippen LogP contribution in [0.3, 0.4) is 0 Å². The van der Waals surface area contributed by atoms with E-state index in [4.69, 9.17) is 9.84 Å². The molecular weight excluding hydrogens is 182 g/mol. The second kappa shape index (κ2) is 5.98. The summed E-state index contributed by atoms with van der Waals surface area (Å²) in [6.45, 7) is 4.63. The molecule has 0 amide bonds. The first-order chi connectivity index (χ1) is 6.70. The molecular formula is C10H19NO3. The lowest BCUT2D eigenvalue weighted by atomic mass is 10.0. The van der Waals surface area contributed by atoms with Gasteiger partial charge in [0.2, 0.25) is 0 Å². The Labute approximate surface area is 84.6 Å². The highest BCUT2D eigenvalue weighted by Crippen LogP contribution is 2.16. The molecule has 0 aromatic heterocycles. The highest BCUT2D eigenvalue weighted by molar-refractivity contribution is 5.66. The van der Waals surface area contributed by atoms with Gasteiger partial charge in [-0.25, -0.2) is 0 Å². The Hall–Kier alpha value is -0.610. The predicted molar refractivity (Wildman–Crippen MR) is 53.3 cm³/mol. The van der Waals surface area contributed by atoms with Gasteiger partial charge in [0.25, 0.3) is 0 Å². The largest absolute Gasteiger partial charge is 0.481 e. The van der Waals surface area contributed by atoms with E-state index in [1.165, 1.54) is 0 Å². The lowest BCUT2D eigenvalue weighted by Crippen LogP contribution is -2.34. The van der Waals surface area contributed by atoms with Crippen LogP contribution in [0.2, 0.25) is 0 Å². The zero-order valence-electron chi connectivity index (χ0n) is 8.66. The van der Waals surface area contributed by atoms with Crippen molar-refractivity contribution in [2.75, 3.05) is 19.8 Å². The Balaban J connectivity index is 2.02. The van der Waals surface area contributed by atoms with Crippen LogP contribution in [0.5, 0.6) is 0 Å². The maximum Gasteiger partial charge on any atom is 0.303 e. The third kappa shape index (κ3) is 4.07. The van der Waals surface area contributed by atoms with E-state index in [1.807, 2.05) is 0 Å². The molecule has 0 bridgehead atoms. The number of carboxylic acids is 1. The average molecular weight is 201 g/mol. The van der Waals surface area contributed by atoms with Crippen molar-refractivity contribution in [1.29, 1.82) is 0 Å². The van der Waals surface area contributed by atoms with Gasteiger partial charge in [0.05, 0.1) is 6.61 Å². The van der Waals surface area contributed by atoms with Crippen molar-refractivity contribution in [1.82, 2.24) is 5.32 Å². The van der Waals surface area contributed by atoms with Crippen molar-refractivity contribution in [2.24, 2.45) is 5.92 Å². The number of ether oxygens (including phenoxy) is 1. The summed E-state index contributed by atoms with van der Waals surface area (Å²) in [5, 5.41) is 11.8. The molecule has 1 rings (SSSR count). The first-order valence-corrected chi connectivity index (χ1v) is 5.23. The van der Waals surface area contributed by atoms with Crippen LogP contribution in [0.4, 0.5) is 0 Å². The van der Waals surface area contributed by atoms with Gasteiger partial charge in [0.15, 0.2) is 0 Å². The molecule has 1 fully saturated rings. The van der Waals surface area contributed by atoms with Gasteiger partial charge in [-0.2, -0.15) is 0 Å². The van der Waals surface area contributed by atoms with E-state index < -0.39 is 5.97 Å². The zero-order valence-corrected chi connectivity index (χ0v) is 8.66. The molecule has 2 atom stereocenters. The number of rotatable bonds is 6. The summed E-state index contributed by atoms with van der Waals surface area (Å²) in [5.74, 6) is -0.122. The first-order valence-electron chi connectivity index (χ1n) is 5.23. The number of hydrogen-bond acceptors (Lipinski definition) is 3. The van der Waals surface area contributed by atoms with E-state index in [9.17, 15) is 4.79 Å². The summed E-state index contributed by atoms with van der Waals surface area (Å²) in [7, 11) is 0. The Morgan fingerprint density at radius 2 is 2.50 bits per heavy atom. The Morgan fingerprint density at radius 1 is 1.71 bits per heavy atom. The van der Waals surface area contributed by atoms with Gasteiger partial charge in [0, 0.05) is 19.1 Å². The topological polar surface area (TPSA) is 58.6 Å². The molecule has 14 heavy (non-hydrogen) atoms. The first kappa shape index (κ1) is 11.5. The van der Waals surface area contributed by atoms with Crippen LogP contribution in [0.1, 0.15) is 26.2 Å². The smallest absolute Gasteiger partial charge is 0.303 e. The molecule has 4 heteroatoms. The average Bonchev–Trinajstić information content (AvgIpc) is 2.64. The summed E-state index contributed by atoms with van der Waals surface area (Å²) in [6.07, 6.45) is 2.07. The van der Waals surface area contributed by atoms with Crippen LogP contribution < -0.4 is 5.32 Å². The summed E-state index contributed by atoms with van der Waals surface area (Å²) < 4.78 is 5.29. The van der Waals surface area contributed by atoms with E-state index in [-0.39, 0.29) is 6.42 Å². The van der Waals surface area contributed by atoms with Crippen molar-refractivity contribution in [2.45, 2.75) is 32.2 Å². The molecule has 1 saturated heterocycles. The highest BCUT2D eigenvalue weighted by Gasteiger charge is 2.21. The van der Waals surface area contributed by atoms with Crippen molar-refractivity contribution in [3.05, 3.63) is 0 Å². The third-order valence-corrected chi connectivity index (χ3v) is 2.71. The van der Waals surface area contributed by atoms with Crippen LogP contribution >= 0.6 is 0 Å². The minimum absolute atomic E-state index is 0.251. The molecule has 1 aliphatic heterocycles. The van der Waals surface area contributed by atoms with Gasteiger partial charge >= 0.3 is 5.97 Å². The molecule has 0 aliphatic carbocycles. The highest BCUT2D eigenvalue weighted by atomic mass is 16.5. The molecule has 0 aromatic rings. The van der Waals surface area contributed by atoms with E-state index in [1.54, 1.807) is 0 Å². The van der Waals surface area contributed by atoms with Crippen LogP contribution in [0, 0.1) is 5.92 Å². The number of carboxylic acid groups (broad SMARTS) is 1. The fourth-order valence-corrected chi connectivity index (χ4v) is 1.68. The van der Waals surface area contributed by atoms with Gasteiger partial charge in [0.1, 0.15) is 0 Å². The summed E-state index contributed by atoms with van der Waals surface area (Å²) >= 11 is 0. The van der Waals surface area contributed by atoms with E-state index >= 15 is 0 Å². The SMILES string of the molecule is CC(NCCCC(=O)O)C1CCOC1. The molecule has 4 nitrogen and oxygen atoms in total. The molecule has 82 valence electrons. The van der Waals surface area contributed by atoms with Gasteiger partial charge in [-0.1, -0.05) is 0 Å². The number of nitrogens with one attached hydrogen (secondary N) is 1. The molecule has 0 saturated carbocycles. The molecule has 0 spiro atoms. The van der Waals surface area contributed by atoms with Crippen molar-refractivity contribution < 1.29 is 14.6 Å². The quantitative estimate of drug-likeness (QED) is 0.626. The van der Waals surface area contributed by atoms with Crippen molar-refractivity contribution in [3.8, 4) is 0 Å². The van der Waals surface area contributed by atoms with Crippen LogP contribution in [-0.2, 0) is 9.53 Å². The van der Waals surface area contributed by atoms with Crippen molar-refractivity contribution in [3.63, 3.8) is 0 Å². The van der Waals surface area contributed by atoms with Gasteiger partial charge in [-0.3, -0.25) is 4.79 Å². The molecule has 2 N–H and O–H groups in total. The summed E-state index contributed by atoms with van der Waals surface area (Å²) in [6, 6.07) is 0.436. The maximum absolute atomic E-state index is 10.3. The molecule has 1 aliphatic rings. The Bertz CT molecular complexity index is 178. The van der Waals surface area contributed by atoms with Crippen LogP contribution in [0.25, 0.3) is 0 Å². The molecule has 0 radical (unpaired) electrons. The molecule has 1 heterocycles. The van der Waals surface area contributed by atoms with E-state index in [0.717, 1.165) is 26.2 Å². The molecule has 0 aromatic carbocycles. The zero-order chi connectivity index (χ0) is 10.4. The van der Waals surface area contributed by atoms with Gasteiger partial charge in [-0.05, 0) is 32.2 Å². The summed E-state index contributed by atoms with van der Waals surface area (Å²) in [5.41, 5.74) is 0. The minimum Gasteiger partial charge on any atom is -0.481 e. The van der Waals surface area contributed by atoms with E-state index in [0.29, 0.717) is 18.4 Å².